The van der Waals surface area contributed by atoms with Crippen LogP contribution in [-0.4, -0.2) is 17.5 Å². The van der Waals surface area contributed by atoms with Gasteiger partial charge in [-0.3, -0.25) is 10.1 Å². The number of para-hydroxylation sites is 1. The summed E-state index contributed by atoms with van der Waals surface area (Å²) in [5.41, 5.74) is 5.53. The van der Waals surface area contributed by atoms with Gasteiger partial charge in [-0.15, -0.1) is 0 Å². The van der Waals surface area contributed by atoms with E-state index < -0.39 is 0 Å². The number of carbonyl (C=O) groups is 1. The summed E-state index contributed by atoms with van der Waals surface area (Å²) >= 11 is 1.47. The minimum atomic E-state index is -0.217. The number of hydrogen-bond donors (Lipinski definition) is 1. The molecule has 5 nitrogen and oxygen atoms in total. The van der Waals surface area contributed by atoms with Crippen molar-refractivity contribution in [1.82, 2.24) is 4.98 Å². The molecule has 0 aliphatic heterocycles. The zero-order valence-corrected chi connectivity index (χ0v) is 17.6. The second kappa shape index (κ2) is 7.72. The third kappa shape index (κ3) is 3.76. The lowest BCUT2D eigenvalue weighted by Gasteiger charge is -2.11. The summed E-state index contributed by atoms with van der Waals surface area (Å²) < 4.78 is 12.4. The first-order valence-electron chi connectivity index (χ1n) is 9.46. The third-order valence-corrected chi connectivity index (χ3v) is 5.73. The molecule has 0 saturated carbocycles. The van der Waals surface area contributed by atoms with Crippen molar-refractivity contribution >= 4 is 49.1 Å². The molecular formula is C23H22N2O3S. The van der Waals surface area contributed by atoms with E-state index in [9.17, 15) is 4.79 Å². The molecule has 0 radical (unpaired) electrons. The number of fused-ring (bicyclic) bond motifs is 2. The first kappa shape index (κ1) is 19.2. The van der Waals surface area contributed by atoms with Crippen LogP contribution in [0.5, 0.6) is 5.75 Å². The highest BCUT2D eigenvalue weighted by molar-refractivity contribution is 7.22. The summed E-state index contributed by atoms with van der Waals surface area (Å²) in [5, 5.41) is 4.49. The molecule has 4 rings (SSSR count). The van der Waals surface area contributed by atoms with Crippen molar-refractivity contribution in [3.63, 3.8) is 0 Å². The van der Waals surface area contributed by atoms with Gasteiger partial charge in [-0.05, 0) is 56.5 Å². The maximum Gasteiger partial charge on any atom is 0.250 e. The number of aryl methyl sites for hydroxylation is 2. The topological polar surface area (TPSA) is 64.4 Å². The SMILES string of the molecule is CCOc1cc2occ(C)c2cc1/C(C)=C/C(=O)Nc1nc2c(C)cccc2s1. The fourth-order valence-corrected chi connectivity index (χ4v) is 4.27. The van der Waals surface area contributed by atoms with Gasteiger partial charge in [0, 0.05) is 23.1 Å². The van der Waals surface area contributed by atoms with E-state index in [1.165, 1.54) is 11.3 Å². The van der Waals surface area contributed by atoms with E-state index in [0.717, 1.165) is 43.4 Å². The molecule has 0 aliphatic rings. The molecule has 0 saturated heterocycles. The van der Waals surface area contributed by atoms with Crippen LogP contribution < -0.4 is 10.1 Å². The predicted octanol–water partition coefficient (Wildman–Crippen LogP) is 6.10. The lowest BCUT2D eigenvalue weighted by atomic mass is 10.0. The fraction of sp³-hybridized carbons (Fsp3) is 0.217. The number of thiazole rings is 1. The van der Waals surface area contributed by atoms with Gasteiger partial charge in [-0.1, -0.05) is 23.5 Å². The molecule has 0 aliphatic carbocycles. The zero-order valence-electron chi connectivity index (χ0n) is 16.8. The summed E-state index contributed by atoms with van der Waals surface area (Å²) in [6.45, 7) is 8.38. The summed E-state index contributed by atoms with van der Waals surface area (Å²) in [4.78, 5) is 17.2. The number of hydrogen-bond acceptors (Lipinski definition) is 5. The van der Waals surface area contributed by atoms with Crippen LogP contribution >= 0.6 is 11.3 Å². The van der Waals surface area contributed by atoms with Crippen molar-refractivity contribution in [2.24, 2.45) is 0 Å². The van der Waals surface area contributed by atoms with Crippen molar-refractivity contribution in [3.05, 3.63) is 59.4 Å². The number of nitrogens with zero attached hydrogens (tertiary/aromatic N) is 1. The largest absolute Gasteiger partial charge is 0.493 e. The third-order valence-electron chi connectivity index (χ3n) is 4.79. The monoisotopic (exact) mass is 406 g/mol. The number of carbonyl (C=O) groups excluding carboxylic acids is 1. The second-order valence-corrected chi connectivity index (χ2v) is 7.98. The van der Waals surface area contributed by atoms with E-state index in [1.807, 2.05) is 58.0 Å². The summed E-state index contributed by atoms with van der Waals surface area (Å²) in [6.07, 6.45) is 3.31. The van der Waals surface area contributed by atoms with Crippen molar-refractivity contribution in [2.45, 2.75) is 27.7 Å². The molecule has 6 heteroatoms. The Morgan fingerprint density at radius 2 is 2.10 bits per heavy atom. The van der Waals surface area contributed by atoms with Crippen LogP contribution in [0, 0.1) is 13.8 Å². The second-order valence-electron chi connectivity index (χ2n) is 6.95. The first-order valence-corrected chi connectivity index (χ1v) is 10.3. The van der Waals surface area contributed by atoms with Crippen LogP contribution in [0.4, 0.5) is 5.13 Å². The Balaban J connectivity index is 1.64. The van der Waals surface area contributed by atoms with Crippen molar-refractivity contribution in [2.75, 3.05) is 11.9 Å². The summed E-state index contributed by atoms with van der Waals surface area (Å²) in [5.74, 6) is 0.484. The van der Waals surface area contributed by atoms with E-state index in [-0.39, 0.29) is 5.91 Å². The number of aromatic nitrogens is 1. The minimum absolute atomic E-state index is 0.217. The Hall–Kier alpha value is -3.12. The van der Waals surface area contributed by atoms with Crippen LogP contribution in [-0.2, 0) is 4.79 Å². The Morgan fingerprint density at radius 3 is 2.86 bits per heavy atom. The molecule has 2 heterocycles. The Bertz CT molecular complexity index is 1250. The molecule has 0 atom stereocenters. The molecule has 4 aromatic rings. The van der Waals surface area contributed by atoms with Crippen LogP contribution in [0.25, 0.3) is 26.8 Å². The van der Waals surface area contributed by atoms with Crippen LogP contribution in [0.3, 0.4) is 0 Å². The van der Waals surface area contributed by atoms with E-state index in [1.54, 1.807) is 12.3 Å². The highest BCUT2D eigenvalue weighted by Gasteiger charge is 2.14. The number of amides is 1. The molecule has 0 bridgehead atoms. The van der Waals surface area contributed by atoms with E-state index in [0.29, 0.717) is 17.5 Å². The van der Waals surface area contributed by atoms with Crippen LogP contribution in [0.2, 0.25) is 0 Å². The average Bonchev–Trinajstić information content (AvgIpc) is 3.25. The Labute approximate surface area is 173 Å². The smallest absolute Gasteiger partial charge is 0.250 e. The maximum atomic E-state index is 12.6. The Morgan fingerprint density at radius 1 is 1.28 bits per heavy atom. The number of allylic oxidation sites excluding steroid dienone is 1. The molecule has 29 heavy (non-hydrogen) atoms. The Kier molecular flexibility index (Phi) is 5.11. The van der Waals surface area contributed by atoms with Gasteiger partial charge in [0.1, 0.15) is 11.3 Å². The zero-order chi connectivity index (χ0) is 20.5. The predicted molar refractivity (Wildman–Crippen MR) is 119 cm³/mol. The van der Waals surface area contributed by atoms with E-state index >= 15 is 0 Å². The highest BCUT2D eigenvalue weighted by atomic mass is 32.1. The normalized spacial score (nSPS) is 11.9. The minimum Gasteiger partial charge on any atom is -0.493 e. The van der Waals surface area contributed by atoms with Gasteiger partial charge in [-0.2, -0.15) is 0 Å². The number of furan rings is 1. The van der Waals surface area contributed by atoms with Crippen molar-refractivity contribution < 1.29 is 13.9 Å². The van der Waals surface area contributed by atoms with Crippen molar-refractivity contribution in [3.8, 4) is 5.75 Å². The van der Waals surface area contributed by atoms with Gasteiger partial charge in [0.25, 0.3) is 0 Å². The quantitative estimate of drug-likeness (QED) is 0.407. The fourth-order valence-electron chi connectivity index (χ4n) is 3.32. The molecule has 148 valence electrons. The highest BCUT2D eigenvalue weighted by Crippen LogP contribution is 2.34. The number of benzene rings is 2. The van der Waals surface area contributed by atoms with Crippen LogP contribution in [0.15, 0.2) is 47.1 Å². The molecule has 1 amide bonds. The van der Waals surface area contributed by atoms with Crippen molar-refractivity contribution in [1.29, 1.82) is 0 Å². The van der Waals surface area contributed by atoms with Gasteiger partial charge in [0.15, 0.2) is 5.13 Å². The van der Waals surface area contributed by atoms with Gasteiger partial charge < -0.3 is 9.15 Å². The average molecular weight is 407 g/mol. The summed E-state index contributed by atoms with van der Waals surface area (Å²) in [7, 11) is 0. The molecule has 2 aromatic carbocycles. The maximum absolute atomic E-state index is 12.6. The first-order chi connectivity index (χ1) is 14.0. The molecule has 1 N–H and O–H groups in total. The van der Waals surface area contributed by atoms with Gasteiger partial charge in [-0.25, -0.2) is 4.98 Å². The molecule has 2 aromatic heterocycles. The van der Waals surface area contributed by atoms with E-state index in [2.05, 4.69) is 10.3 Å². The molecule has 0 fully saturated rings. The molecule has 0 spiro atoms. The summed E-state index contributed by atoms with van der Waals surface area (Å²) in [6, 6.07) is 9.91. The lowest BCUT2D eigenvalue weighted by Crippen LogP contribution is -2.08. The number of nitrogens with one attached hydrogen (secondary N) is 1. The number of rotatable bonds is 5. The van der Waals surface area contributed by atoms with Gasteiger partial charge >= 0.3 is 0 Å². The van der Waals surface area contributed by atoms with Gasteiger partial charge in [0.2, 0.25) is 5.91 Å². The molecular weight excluding hydrogens is 384 g/mol. The van der Waals surface area contributed by atoms with E-state index in [4.69, 9.17) is 9.15 Å². The standard InChI is InChI=1S/C23H22N2O3S/c1-5-27-18-11-19-17(15(4)12-28-19)10-16(18)14(3)9-21(26)24-23-25-22-13(2)7-6-8-20(22)29-23/h6-12H,5H2,1-4H3,(H,24,25,26)/b14-9+. The lowest BCUT2D eigenvalue weighted by molar-refractivity contribution is -0.111. The molecule has 0 unspecified atom stereocenters. The number of ether oxygens (including phenoxy) is 1. The van der Waals surface area contributed by atoms with Crippen LogP contribution in [0.1, 0.15) is 30.5 Å². The number of anilines is 1. The van der Waals surface area contributed by atoms with Gasteiger partial charge in [0.05, 0.1) is 23.1 Å².